The maximum absolute atomic E-state index is 13.5. The van der Waals surface area contributed by atoms with Crippen molar-refractivity contribution in [2.75, 3.05) is 12.0 Å². The van der Waals surface area contributed by atoms with Crippen molar-refractivity contribution in [3.8, 4) is 11.5 Å². The van der Waals surface area contributed by atoms with Crippen LogP contribution in [0.15, 0.2) is 66.7 Å². The Morgan fingerprint density at radius 1 is 1.06 bits per heavy atom. The first-order chi connectivity index (χ1) is 14.9. The summed E-state index contributed by atoms with van der Waals surface area (Å²) in [6, 6.07) is 19.2. The number of anilines is 1. The zero-order valence-electron chi connectivity index (χ0n) is 17.7. The first kappa shape index (κ1) is 20.4. The van der Waals surface area contributed by atoms with E-state index in [9.17, 15) is 4.39 Å². The lowest BCUT2D eigenvalue weighted by molar-refractivity contribution is 0.0492. The van der Waals surface area contributed by atoms with Crippen molar-refractivity contribution in [1.82, 2.24) is 0 Å². The molecule has 0 amide bonds. The minimum atomic E-state index is -0.752. The molecule has 2 aliphatic rings. The Hall–Kier alpha value is -2.54. The van der Waals surface area contributed by atoms with E-state index in [1.165, 1.54) is 17.7 Å². The number of hydrogen-bond acceptors (Lipinski definition) is 3. The summed E-state index contributed by atoms with van der Waals surface area (Å²) in [5, 5.41) is 0. The van der Waals surface area contributed by atoms with E-state index in [1.807, 2.05) is 18.2 Å². The Labute approximate surface area is 195 Å². The number of nitrogens with zero attached hydrogens (tertiary/aromatic N) is 1. The summed E-state index contributed by atoms with van der Waals surface area (Å²) in [5.41, 5.74) is 3.27. The monoisotopic (exact) mass is 527 g/mol. The molecule has 0 fully saturated rings. The number of para-hydroxylation sites is 1. The molecule has 0 saturated carbocycles. The van der Waals surface area contributed by atoms with Crippen LogP contribution in [0.2, 0.25) is 0 Å². The van der Waals surface area contributed by atoms with Gasteiger partial charge in [-0.25, -0.2) is 4.39 Å². The lowest BCUT2D eigenvalue weighted by Crippen LogP contribution is -2.59. The lowest BCUT2D eigenvalue weighted by atomic mass is 9.76. The van der Waals surface area contributed by atoms with E-state index in [4.69, 9.17) is 9.47 Å². The van der Waals surface area contributed by atoms with Gasteiger partial charge in [0, 0.05) is 21.4 Å². The molecule has 1 atom stereocenters. The van der Waals surface area contributed by atoms with Crippen LogP contribution in [0.3, 0.4) is 0 Å². The number of benzene rings is 3. The van der Waals surface area contributed by atoms with Crippen molar-refractivity contribution in [2.24, 2.45) is 0 Å². The van der Waals surface area contributed by atoms with Crippen molar-refractivity contribution in [1.29, 1.82) is 0 Å². The molecule has 1 spiro atoms. The van der Waals surface area contributed by atoms with E-state index < -0.39 is 5.72 Å². The Bertz CT molecular complexity index is 1190. The standard InChI is InChI=1S/C26H23FINO2/c1-25(2)21-6-4-5-7-22(21)29(16-17-8-10-19(27)11-9-17)26(25)13-12-18-14-20(28)15-23(30-3)24(18)31-26/h4-15H,16H2,1-3H3. The van der Waals surface area contributed by atoms with Crippen LogP contribution in [0.1, 0.15) is 30.5 Å². The average Bonchev–Trinajstić information content (AvgIpc) is 2.94. The van der Waals surface area contributed by atoms with Gasteiger partial charge >= 0.3 is 0 Å². The molecule has 3 aromatic carbocycles. The molecule has 0 N–H and O–H groups in total. The van der Waals surface area contributed by atoms with Crippen LogP contribution in [0.4, 0.5) is 10.1 Å². The third kappa shape index (κ3) is 3.04. The zero-order chi connectivity index (χ0) is 21.8. The zero-order valence-corrected chi connectivity index (χ0v) is 19.8. The molecule has 5 heteroatoms. The van der Waals surface area contributed by atoms with Crippen molar-refractivity contribution in [2.45, 2.75) is 31.5 Å². The van der Waals surface area contributed by atoms with E-state index in [-0.39, 0.29) is 11.2 Å². The quantitative estimate of drug-likeness (QED) is 0.361. The molecule has 3 aromatic rings. The van der Waals surface area contributed by atoms with Crippen LogP contribution >= 0.6 is 22.6 Å². The van der Waals surface area contributed by atoms with Gasteiger partial charge in [-0.1, -0.05) is 30.3 Å². The number of fused-ring (bicyclic) bond motifs is 2. The summed E-state index contributed by atoms with van der Waals surface area (Å²) in [6.07, 6.45) is 4.29. The first-order valence-electron chi connectivity index (χ1n) is 10.2. The average molecular weight is 527 g/mol. The first-order valence-corrected chi connectivity index (χ1v) is 11.3. The molecule has 5 rings (SSSR count). The third-order valence-electron chi connectivity index (χ3n) is 6.43. The van der Waals surface area contributed by atoms with Crippen LogP contribution in [0.5, 0.6) is 11.5 Å². The number of halogens is 2. The maximum Gasteiger partial charge on any atom is 0.212 e. The van der Waals surface area contributed by atoms with E-state index in [0.29, 0.717) is 6.54 Å². The van der Waals surface area contributed by atoms with Gasteiger partial charge in [0.2, 0.25) is 5.72 Å². The summed E-state index contributed by atoms with van der Waals surface area (Å²) in [6.45, 7) is 5.02. The number of ether oxygens (including phenoxy) is 2. The molecule has 1 unspecified atom stereocenters. The maximum atomic E-state index is 13.5. The summed E-state index contributed by atoms with van der Waals surface area (Å²) in [7, 11) is 1.67. The van der Waals surface area contributed by atoms with Crippen LogP contribution in [0.25, 0.3) is 6.08 Å². The highest BCUT2D eigenvalue weighted by molar-refractivity contribution is 14.1. The van der Waals surface area contributed by atoms with Gasteiger partial charge in [0.1, 0.15) is 5.82 Å². The number of hydrogen-bond donors (Lipinski definition) is 0. The molecule has 2 aliphatic heterocycles. The Kier molecular flexibility index (Phi) is 4.77. The van der Waals surface area contributed by atoms with Gasteiger partial charge in [-0.2, -0.15) is 0 Å². The Morgan fingerprint density at radius 2 is 1.81 bits per heavy atom. The molecular weight excluding hydrogens is 504 g/mol. The normalized spacial score (nSPS) is 20.4. The fourth-order valence-corrected chi connectivity index (χ4v) is 5.39. The summed E-state index contributed by atoms with van der Waals surface area (Å²) in [4.78, 5) is 2.28. The smallest absolute Gasteiger partial charge is 0.212 e. The van der Waals surface area contributed by atoms with Gasteiger partial charge in [-0.15, -0.1) is 0 Å². The highest BCUT2D eigenvalue weighted by Crippen LogP contribution is 2.56. The van der Waals surface area contributed by atoms with E-state index in [2.05, 4.69) is 83.8 Å². The summed E-state index contributed by atoms with van der Waals surface area (Å²) >= 11 is 2.29. The fraction of sp³-hybridized carbons (Fsp3) is 0.231. The highest BCUT2D eigenvalue weighted by Gasteiger charge is 2.59. The Morgan fingerprint density at radius 3 is 2.55 bits per heavy atom. The molecule has 0 aromatic heterocycles. The van der Waals surface area contributed by atoms with Gasteiger partial charge in [-0.3, -0.25) is 0 Å². The molecule has 0 radical (unpaired) electrons. The minimum Gasteiger partial charge on any atom is -0.493 e. The molecule has 0 bridgehead atoms. The summed E-state index contributed by atoms with van der Waals surface area (Å²) < 4.78 is 27.2. The second-order valence-corrected chi connectivity index (χ2v) is 9.76. The second-order valence-electron chi connectivity index (χ2n) is 8.51. The summed E-state index contributed by atoms with van der Waals surface area (Å²) in [5.74, 6) is 1.23. The third-order valence-corrected chi connectivity index (χ3v) is 7.06. The molecule has 158 valence electrons. The van der Waals surface area contributed by atoms with Crippen LogP contribution in [-0.2, 0) is 12.0 Å². The van der Waals surface area contributed by atoms with E-state index >= 15 is 0 Å². The number of methoxy groups -OCH3 is 1. The molecule has 0 aliphatic carbocycles. The van der Waals surface area contributed by atoms with Crippen molar-refractivity contribution < 1.29 is 13.9 Å². The molecule has 3 nitrogen and oxygen atoms in total. The van der Waals surface area contributed by atoms with Gasteiger partial charge in [0.05, 0.1) is 12.5 Å². The van der Waals surface area contributed by atoms with Gasteiger partial charge < -0.3 is 14.4 Å². The second kappa shape index (κ2) is 7.26. The van der Waals surface area contributed by atoms with E-state index in [1.54, 1.807) is 7.11 Å². The van der Waals surface area contributed by atoms with Gasteiger partial charge in [0.15, 0.2) is 11.5 Å². The van der Waals surface area contributed by atoms with Gasteiger partial charge in [0.25, 0.3) is 0 Å². The largest absolute Gasteiger partial charge is 0.493 e. The molecule has 0 saturated heterocycles. The van der Waals surface area contributed by atoms with Crippen molar-refractivity contribution in [3.05, 3.63) is 92.8 Å². The van der Waals surface area contributed by atoms with Crippen molar-refractivity contribution in [3.63, 3.8) is 0 Å². The Balaban J connectivity index is 1.68. The molecular formula is C26H23FINO2. The van der Waals surface area contributed by atoms with Gasteiger partial charge in [-0.05, 0) is 90.0 Å². The highest BCUT2D eigenvalue weighted by atomic mass is 127. The predicted octanol–water partition coefficient (Wildman–Crippen LogP) is 6.54. The predicted molar refractivity (Wildman–Crippen MR) is 130 cm³/mol. The topological polar surface area (TPSA) is 21.7 Å². The molecule has 31 heavy (non-hydrogen) atoms. The van der Waals surface area contributed by atoms with Crippen molar-refractivity contribution >= 4 is 34.4 Å². The lowest BCUT2D eigenvalue weighted by Gasteiger charge is -2.47. The van der Waals surface area contributed by atoms with Crippen LogP contribution in [0, 0.1) is 9.39 Å². The van der Waals surface area contributed by atoms with E-state index in [0.717, 1.165) is 31.9 Å². The molecule has 2 heterocycles. The fourth-order valence-electron chi connectivity index (χ4n) is 4.77. The van der Waals surface area contributed by atoms with Crippen LogP contribution < -0.4 is 14.4 Å². The van der Waals surface area contributed by atoms with Crippen LogP contribution in [-0.4, -0.2) is 12.8 Å². The number of rotatable bonds is 3. The minimum absolute atomic E-state index is 0.234. The SMILES string of the molecule is COc1cc(I)cc2c1OC1(C=C2)N(Cc2ccc(F)cc2)c2ccccc2C1(C)C.